The Balaban J connectivity index is 0. The number of methoxy groups -OCH3 is 1. The largest absolute Gasteiger partial charge is 1.00 e. The Morgan fingerprint density at radius 1 is 1.10 bits per heavy atom. The van der Waals surface area contributed by atoms with Crippen molar-refractivity contribution in [2.45, 2.75) is 5.66 Å². The summed E-state index contributed by atoms with van der Waals surface area (Å²) in [5.74, 6) is -0.970. The van der Waals surface area contributed by atoms with Gasteiger partial charge in [0.2, 0.25) is 0 Å². The van der Waals surface area contributed by atoms with Crippen LogP contribution < -0.4 is 59.1 Å². The molecule has 0 fully saturated rings. The Hall–Kier alpha value is -0.910. The summed E-state index contributed by atoms with van der Waals surface area (Å²) in [7, 11) is 0.997. The summed E-state index contributed by atoms with van der Waals surface area (Å²) in [5.41, 5.74) is -2.88. The smallest absolute Gasteiger partial charge is 0.739 e. The summed E-state index contributed by atoms with van der Waals surface area (Å²) < 4.78 is 4.52. The number of ether oxygens (including phenoxy) is 1. The van der Waals surface area contributed by atoms with Gasteiger partial charge in [-0.1, -0.05) is 18.2 Å². The Bertz CT molecular complexity index is 507. The van der Waals surface area contributed by atoms with E-state index < -0.39 is 21.3 Å². The predicted octanol–water partition coefficient (Wildman–Crippen LogP) is -4.61. The first-order chi connectivity index (χ1) is 9.05. The molecule has 0 saturated heterocycles. The van der Waals surface area contributed by atoms with Crippen LogP contribution in [0, 0.1) is 26.2 Å². The maximum Gasteiger partial charge on any atom is 1.00 e. The first-order valence-corrected chi connectivity index (χ1v) is 4.85. The fourth-order valence-corrected chi connectivity index (χ4v) is 1.53. The minimum atomic E-state index is -2.72. The standard InChI is InChI=1S/C9H11N5O5.2Na/c1-19-8(10)9(13(17)11-15,14(18)12-16)7-5-3-2-4-6-7;;/h2-6,10,15-16H,1H3;;/q;2*+1/p-2/b10-8?,13-11-,14-12-;;. The molecule has 21 heavy (non-hydrogen) atoms. The van der Waals surface area contributed by atoms with E-state index in [1.54, 1.807) is 6.07 Å². The van der Waals surface area contributed by atoms with Crippen molar-refractivity contribution in [2.24, 2.45) is 10.6 Å². The summed E-state index contributed by atoms with van der Waals surface area (Å²) >= 11 is 0. The maximum atomic E-state index is 11.6. The van der Waals surface area contributed by atoms with E-state index in [2.05, 4.69) is 4.74 Å². The van der Waals surface area contributed by atoms with Crippen LogP contribution in [-0.2, 0) is 10.4 Å². The molecule has 0 aliphatic rings. The number of nitrogens with zero attached hydrogens (tertiary/aromatic N) is 4. The Morgan fingerprint density at radius 2 is 1.52 bits per heavy atom. The van der Waals surface area contributed by atoms with Crippen LogP contribution in [0.5, 0.6) is 0 Å². The molecule has 0 heterocycles. The van der Waals surface area contributed by atoms with Gasteiger partial charge in [-0.2, -0.15) is 0 Å². The number of hydroxylamine groups is 2. The summed E-state index contributed by atoms with van der Waals surface area (Å²) in [6.07, 6.45) is 0. The van der Waals surface area contributed by atoms with Crippen LogP contribution in [0.15, 0.2) is 40.9 Å². The van der Waals surface area contributed by atoms with Gasteiger partial charge in [0, 0.05) is 0 Å². The molecular weight excluding hydrogens is 304 g/mol. The second-order valence-electron chi connectivity index (χ2n) is 3.28. The molecule has 12 heteroatoms. The molecule has 0 aliphatic carbocycles. The molecule has 102 valence electrons. The van der Waals surface area contributed by atoms with Gasteiger partial charge in [-0.05, 0) is 32.4 Å². The van der Waals surface area contributed by atoms with E-state index in [9.17, 15) is 20.8 Å². The van der Waals surface area contributed by atoms with Crippen molar-refractivity contribution in [1.29, 1.82) is 5.41 Å². The van der Waals surface area contributed by atoms with Gasteiger partial charge >= 0.3 is 70.7 Å². The van der Waals surface area contributed by atoms with Gasteiger partial charge in [-0.15, -0.1) is 0 Å². The topological polar surface area (TPSA) is 156 Å². The van der Waals surface area contributed by atoms with Gasteiger partial charge in [-0.25, -0.2) is 0 Å². The van der Waals surface area contributed by atoms with Crippen LogP contribution in [0.1, 0.15) is 5.56 Å². The molecule has 1 rings (SSSR count). The van der Waals surface area contributed by atoms with Gasteiger partial charge < -0.3 is 25.6 Å². The number of benzene rings is 1. The zero-order chi connectivity index (χ0) is 14.5. The second kappa shape index (κ2) is 9.92. The number of hydrogen-bond acceptors (Lipinski definition) is 8. The molecule has 0 atom stereocenters. The summed E-state index contributed by atoms with van der Waals surface area (Å²) in [4.78, 5) is -1.30. The minimum Gasteiger partial charge on any atom is -0.739 e. The van der Waals surface area contributed by atoms with E-state index in [0.717, 1.165) is 7.11 Å². The van der Waals surface area contributed by atoms with Gasteiger partial charge in [0.25, 0.3) is 0 Å². The summed E-state index contributed by atoms with van der Waals surface area (Å²) in [6.45, 7) is 0. The molecule has 0 unspecified atom stereocenters. The molecule has 0 aromatic heterocycles. The number of rotatable bonds is 4. The summed E-state index contributed by atoms with van der Waals surface area (Å²) in [6, 6.07) is 6.94. The van der Waals surface area contributed by atoms with Crippen LogP contribution in [0.3, 0.4) is 0 Å². The number of hydrogen-bond donors (Lipinski definition) is 1. The van der Waals surface area contributed by atoms with Crippen molar-refractivity contribution in [2.75, 3.05) is 7.11 Å². The van der Waals surface area contributed by atoms with E-state index in [4.69, 9.17) is 5.41 Å². The van der Waals surface area contributed by atoms with Crippen molar-refractivity contribution < 1.29 is 73.6 Å². The van der Waals surface area contributed by atoms with Crippen molar-refractivity contribution in [1.82, 2.24) is 0 Å². The molecule has 0 radical (unpaired) electrons. The molecule has 0 spiro atoms. The molecule has 0 aliphatic heterocycles. The third kappa shape index (κ3) is 4.05. The molecule has 10 nitrogen and oxygen atoms in total. The van der Waals surface area contributed by atoms with E-state index in [-0.39, 0.29) is 64.7 Å². The fraction of sp³-hybridized carbons (Fsp3) is 0.222. The predicted molar refractivity (Wildman–Crippen MR) is 61.7 cm³/mol. The van der Waals surface area contributed by atoms with Crippen molar-refractivity contribution in [3.05, 3.63) is 56.7 Å². The van der Waals surface area contributed by atoms with Gasteiger partial charge in [0.1, 0.15) is 5.56 Å². The second-order valence-corrected chi connectivity index (χ2v) is 3.28. The molecule has 0 amide bonds. The van der Waals surface area contributed by atoms with Crippen LogP contribution in [-0.4, -0.2) is 22.7 Å². The normalized spacial score (nSPS) is 11.9. The third-order valence-corrected chi connectivity index (χ3v) is 2.40. The van der Waals surface area contributed by atoms with Gasteiger partial charge in [0.05, 0.1) is 7.11 Å². The van der Waals surface area contributed by atoms with Crippen molar-refractivity contribution >= 4 is 5.90 Å². The quantitative estimate of drug-likeness (QED) is 0.113. The van der Waals surface area contributed by atoms with Crippen LogP contribution >= 0.6 is 0 Å². The van der Waals surface area contributed by atoms with E-state index in [0.29, 0.717) is 0 Å². The molecular formula is C9H9N5Na2O5. The molecule has 1 aromatic carbocycles. The zero-order valence-corrected chi connectivity index (χ0v) is 15.7. The molecule has 0 bridgehead atoms. The molecule has 0 saturated carbocycles. The fourth-order valence-electron chi connectivity index (χ4n) is 1.53. The average molecular weight is 313 g/mol. The van der Waals surface area contributed by atoms with Crippen molar-refractivity contribution in [3.8, 4) is 0 Å². The summed E-state index contributed by atoms with van der Waals surface area (Å²) in [5, 5.41) is 55.8. The van der Waals surface area contributed by atoms with Gasteiger partial charge in [-0.3, -0.25) is 5.41 Å². The molecule has 1 aromatic rings. The van der Waals surface area contributed by atoms with E-state index in [1.807, 2.05) is 10.6 Å². The average Bonchev–Trinajstić information content (AvgIpc) is 2.47. The van der Waals surface area contributed by atoms with Gasteiger partial charge in [0.15, 0.2) is 0 Å². The first kappa shape index (κ1) is 22.4. The minimum absolute atomic E-state index is 0. The molecule has 1 N–H and O–H groups in total. The van der Waals surface area contributed by atoms with E-state index in [1.165, 1.54) is 24.3 Å². The van der Waals surface area contributed by atoms with Crippen LogP contribution in [0.25, 0.3) is 0 Å². The monoisotopic (exact) mass is 313 g/mol. The van der Waals surface area contributed by atoms with E-state index >= 15 is 0 Å². The SMILES string of the molecule is COC(=N)C(c1ccccc1)(/[N+]([O-])=N/[O-])/[N+]([O-])=N/[O-].[Na+].[Na+]. The zero-order valence-electron chi connectivity index (χ0n) is 11.7. The van der Waals surface area contributed by atoms with Crippen molar-refractivity contribution in [3.63, 3.8) is 0 Å². The maximum absolute atomic E-state index is 11.6. The first-order valence-electron chi connectivity index (χ1n) is 4.85. The number of nitrogens with one attached hydrogen (secondary N) is 1. The Labute approximate surface area is 163 Å². The third-order valence-electron chi connectivity index (χ3n) is 2.40. The van der Waals surface area contributed by atoms with Crippen LogP contribution in [0.4, 0.5) is 0 Å². The Morgan fingerprint density at radius 3 is 1.86 bits per heavy atom. The van der Waals surface area contributed by atoms with Crippen LogP contribution in [0.2, 0.25) is 0 Å². The Kier molecular flexibility index (Phi) is 10.6.